The Bertz CT molecular complexity index is 1410. The summed E-state index contributed by atoms with van der Waals surface area (Å²) in [6, 6.07) is 18.4. The van der Waals surface area contributed by atoms with Gasteiger partial charge in [0.05, 0.1) is 22.4 Å². The first-order valence-corrected chi connectivity index (χ1v) is 12.2. The average molecular weight is 485 g/mol. The third-order valence-corrected chi connectivity index (χ3v) is 6.18. The van der Waals surface area contributed by atoms with Gasteiger partial charge in [0.2, 0.25) is 0 Å². The lowest BCUT2D eigenvalue weighted by Crippen LogP contribution is -2.26. The van der Waals surface area contributed by atoms with Crippen LogP contribution in [-0.4, -0.2) is 26.4 Å². The Hall–Kier alpha value is -3.93. The van der Waals surface area contributed by atoms with Crippen LogP contribution in [0, 0.1) is 12.3 Å². The van der Waals surface area contributed by atoms with Crippen molar-refractivity contribution in [2.75, 3.05) is 0 Å². The first-order valence-electron chi connectivity index (χ1n) is 12.2. The largest absolute Gasteiger partial charge is 0.478 e. The average Bonchev–Trinajstić information content (AvgIpc) is 3.27. The highest BCUT2D eigenvalue weighted by Gasteiger charge is 2.29. The van der Waals surface area contributed by atoms with Crippen molar-refractivity contribution in [3.8, 4) is 11.1 Å². The molecule has 0 aliphatic heterocycles. The maximum Gasteiger partial charge on any atom is 0.336 e. The Morgan fingerprint density at radius 2 is 1.72 bits per heavy atom. The number of esters is 1. The predicted molar refractivity (Wildman–Crippen MR) is 140 cm³/mol. The molecular formula is C30H32N2O4. The topological polar surface area (TPSA) is 80.9 Å². The van der Waals surface area contributed by atoms with Crippen molar-refractivity contribution in [2.24, 2.45) is 5.41 Å². The molecule has 4 aromatic rings. The van der Waals surface area contributed by atoms with Crippen molar-refractivity contribution in [1.29, 1.82) is 0 Å². The molecule has 2 aromatic heterocycles. The minimum atomic E-state index is -0.975. The van der Waals surface area contributed by atoms with Crippen molar-refractivity contribution in [3.63, 3.8) is 0 Å². The molecule has 1 N–H and O–H groups in total. The van der Waals surface area contributed by atoms with Gasteiger partial charge in [-0.25, -0.2) is 9.78 Å². The van der Waals surface area contributed by atoms with Gasteiger partial charge in [-0.15, -0.1) is 0 Å². The number of hydrogen-bond donors (Lipinski definition) is 1. The van der Waals surface area contributed by atoms with E-state index in [1.165, 1.54) is 0 Å². The van der Waals surface area contributed by atoms with E-state index in [-0.39, 0.29) is 11.5 Å². The first-order chi connectivity index (χ1) is 17.1. The number of rotatable bonds is 7. The second-order valence-electron chi connectivity index (χ2n) is 10.1. The predicted octanol–water partition coefficient (Wildman–Crippen LogP) is 6.64. The third-order valence-electron chi connectivity index (χ3n) is 6.18. The molecule has 2 aromatic carbocycles. The number of nitrogens with zero attached hydrogens (tertiary/aromatic N) is 2. The molecule has 6 nitrogen and oxygen atoms in total. The van der Waals surface area contributed by atoms with Gasteiger partial charge in [-0.05, 0) is 68.5 Å². The molecule has 36 heavy (non-hydrogen) atoms. The maximum atomic E-state index is 13.0. The number of aromatic nitrogens is 2. The van der Waals surface area contributed by atoms with Crippen LogP contribution in [0.25, 0.3) is 16.8 Å². The lowest BCUT2D eigenvalue weighted by Gasteiger charge is -2.25. The maximum absolute atomic E-state index is 13.0. The molecule has 0 fully saturated rings. The van der Waals surface area contributed by atoms with E-state index in [2.05, 4.69) is 6.92 Å². The van der Waals surface area contributed by atoms with E-state index in [1.807, 2.05) is 80.8 Å². The number of aryl methyl sites for hydroxylation is 2. The minimum Gasteiger partial charge on any atom is -0.478 e. The fourth-order valence-corrected chi connectivity index (χ4v) is 4.20. The number of imidazole rings is 1. The van der Waals surface area contributed by atoms with Gasteiger partial charge in [0, 0.05) is 6.20 Å². The van der Waals surface area contributed by atoms with Gasteiger partial charge in [0.25, 0.3) is 0 Å². The zero-order valence-electron chi connectivity index (χ0n) is 21.4. The number of ether oxygens (including phenoxy) is 1. The van der Waals surface area contributed by atoms with Crippen LogP contribution in [0.3, 0.4) is 0 Å². The van der Waals surface area contributed by atoms with Gasteiger partial charge in [-0.3, -0.25) is 9.20 Å². The van der Waals surface area contributed by atoms with Crippen LogP contribution < -0.4 is 0 Å². The molecule has 0 bridgehead atoms. The van der Waals surface area contributed by atoms with Crippen molar-refractivity contribution in [2.45, 2.75) is 53.6 Å². The number of carbonyl (C=O) groups excluding carboxylic acids is 1. The molecule has 0 radical (unpaired) electrons. The van der Waals surface area contributed by atoms with E-state index < -0.39 is 17.5 Å². The molecule has 6 heteroatoms. The Morgan fingerprint density at radius 3 is 2.36 bits per heavy atom. The van der Waals surface area contributed by atoms with Crippen molar-refractivity contribution in [1.82, 2.24) is 9.38 Å². The van der Waals surface area contributed by atoms with Gasteiger partial charge < -0.3 is 9.84 Å². The smallest absolute Gasteiger partial charge is 0.336 e. The van der Waals surface area contributed by atoms with Crippen LogP contribution in [-0.2, 0) is 16.0 Å². The summed E-state index contributed by atoms with van der Waals surface area (Å²) in [5, 5.41) is 9.59. The third kappa shape index (κ3) is 5.03. The van der Waals surface area contributed by atoms with Crippen molar-refractivity contribution >= 4 is 17.6 Å². The molecule has 1 atom stereocenters. The molecule has 0 aliphatic carbocycles. The first kappa shape index (κ1) is 25.2. The Labute approximate surface area is 211 Å². The summed E-state index contributed by atoms with van der Waals surface area (Å²) in [5.74, 6) is -1.29. The normalized spacial score (nSPS) is 12.5. The van der Waals surface area contributed by atoms with Gasteiger partial charge >= 0.3 is 11.9 Å². The standard InChI is InChI=1S/C30H32N2O4/c1-6-9-22-18-32-25(17-12-19(2)27(32)31-22)26(36-29(35)30(3,4)5)21-15-13-20(14-16-21)23-10-7-8-11-24(23)28(33)34/h7-8,10-18,26H,6,9H2,1-5H3,(H,33,34)/t26-/m1/s1. The Balaban J connectivity index is 1.82. The van der Waals surface area contributed by atoms with Crippen LogP contribution in [0.5, 0.6) is 0 Å². The fraction of sp³-hybridized carbons (Fsp3) is 0.300. The molecule has 2 heterocycles. The molecule has 0 aliphatic rings. The number of carboxylic acid groups (broad SMARTS) is 1. The zero-order valence-corrected chi connectivity index (χ0v) is 21.4. The number of aromatic carboxylic acids is 1. The van der Waals surface area contributed by atoms with Crippen LogP contribution in [0.2, 0.25) is 0 Å². The van der Waals surface area contributed by atoms with Crippen molar-refractivity contribution < 1.29 is 19.4 Å². The second kappa shape index (κ2) is 9.97. The summed E-state index contributed by atoms with van der Waals surface area (Å²) in [4.78, 5) is 29.5. The van der Waals surface area contributed by atoms with Crippen molar-refractivity contribution in [3.05, 3.63) is 94.9 Å². The van der Waals surface area contributed by atoms with Gasteiger partial charge in [-0.1, -0.05) is 61.9 Å². The fourth-order valence-electron chi connectivity index (χ4n) is 4.20. The van der Waals surface area contributed by atoms with Crippen LogP contribution in [0.4, 0.5) is 0 Å². The molecule has 186 valence electrons. The molecule has 0 saturated carbocycles. The number of pyridine rings is 1. The van der Waals surface area contributed by atoms with Crippen LogP contribution >= 0.6 is 0 Å². The number of carbonyl (C=O) groups is 2. The monoisotopic (exact) mass is 484 g/mol. The second-order valence-corrected chi connectivity index (χ2v) is 10.1. The highest BCUT2D eigenvalue weighted by atomic mass is 16.5. The van der Waals surface area contributed by atoms with Gasteiger partial charge in [0.1, 0.15) is 5.65 Å². The molecular weight excluding hydrogens is 452 g/mol. The summed E-state index contributed by atoms with van der Waals surface area (Å²) in [6.07, 6.45) is 3.22. The Morgan fingerprint density at radius 1 is 1.03 bits per heavy atom. The van der Waals surface area contributed by atoms with E-state index in [9.17, 15) is 14.7 Å². The molecule has 0 amide bonds. The quantitative estimate of drug-likeness (QED) is 0.297. The summed E-state index contributed by atoms with van der Waals surface area (Å²) < 4.78 is 8.15. The summed E-state index contributed by atoms with van der Waals surface area (Å²) in [7, 11) is 0. The highest BCUT2D eigenvalue weighted by molar-refractivity contribution is 5.96. The van der Waals surface area contributed by atoms with Crippen LogP contribution in [0.1, 0.15) is 73.1 Å². The summed E-state index contributed by atoms with van der Waals surface area (Å²) in [6.45, 7) is 9.64. The number of fused-ring (bicyclic) bond motifs is 1. The molecule has 4 rings (SSSR count). The number of hydrogen-bond acceptors (Lipinski definition) is 4. The van der Waals surface area contributed by atoms with E-state index in [1.54, 1.807) is 18.2 Å². The lowest BCUT2D eigenvalue weighted by molar-refractivity contribution is -0.157. The van der Waals surface area contributed by atoms with E-state index in [0.29, 0.717) is 5.56 Å². The zero-order chi connectivity index (χ0) is 26.0. The molecule has 0 saturated heterocycles. The lowest BCUT2D eigenvalue weighted by atomic mass is 9.95. The molecule has 0 unspecified atom stereocenters. The summed E-state index contributed by atoms with van der Waals surface area (Å²) in [5.41, 5.74) is 5.46. The number of benzene rings is 2. The van der Waals surface area contributed by atoms with E-state index >= 15 is 0 Å². The summed E-state index contributed by atoms with van der Waals surface area (Å²) >= 11 is 0. The minimum absolute atomic E-state index is 0.239. The van der Waals surface area contributed by atoms with E-state index in [0.717, 1.165) is 46.6 Å². The highest BCUT2D eigenvalue weighted by Crippen LogP contribution is 2.33. The van der Waals surface area contributed by atoms with Gasteiger partial charge in [0.15, 0.2) is 6.10 Å². The Kier molecular flexibility index (Phi) is 6.97. The molecule has 0 spiro atoms. The van der Waals surface area contributed by atoms with Gasteiger partial charge in [-0.2, -0.15) is 0 Å². The SMILES string of the molecule is CCCc1cn2c([C@H](OC(=O)C(C)(C)C)c3ccc(-c4ccccc4C(=O)O)cc3)ccc(C)c2n1. The number of carboxylic acids is 1. The van der Waals surface area contributed by atoms with E-state index in [4.69, 9.17) is 9.72 Å². The van der Waals surface area contributed by atoms with Crippen LogP contribution in [0.15, 0.2) is 66.9 Å².